The van der Waals surface area contributed by atoms with Gasteiger partial charge in [-0.2, -0.15) is 0 Å². The Labute approximate surface area is 491 Å². The number of aliphatic hydroxyl groups is 1. The third-order valence-electron chi connectivity index (χ3n) is 15.2. The number of hydrogen-bond acceptors (Lipinski definition) is 5. The molecular formula is C73H104O5Si2. The molecule has 1 aliphatic rings. The average molecular weight is 1120 g/mol. The molecule has 5 nitrogen and oxygen atoms in total. The van der Waals surface area contributed by atoms with E-state index in [1.165, 1.54) is 78.5 Å². The highest BCUT2D eigenvalue weighted by molar-refractivity contribution is 7.00. The quantitative estimate of drug-likeness (QED) is 0.0320. The van der Waals surface area contributed by atoms with Crippen LogP contribution in [0.15, 0.2) is 121 Å². The first kappa shape index (κ1) is 67.9. The predicted octanol–water partition coefficient (Wildman–Crippen LogP) is 16.0. The first-order chi connectivity index (χ1) is 38.9. The SMILES string of the molecule is CCC(CCC#CCCCCCCC#CCCCO)O[Si](c1ccccc1)(c1ccccc1)C(C)(C)C.CCC(CCC#CCCCCCCC#CCCCOC1CCCCO1)O[Si](c1ccccc1)(c1ccccc1)C(C)(C)C. The van der Waals surface area contributed by atoms with Crippen LogP contribution < -0.4 is 20.7 Å². The summed E-state index contributed by atoms with van der Waals surface area (Å²) in [5.74, 6) is 26.7. The summed E-state index contributed by atoms with van der Waals surface area (Å²) >= 11 is 0. The van der Waals surface area contributed by atoms with Crippen molar-refractivity contribution in [3.8, 4) is 47.4 Å². The molecule has 1 fully saturated rings. The topological polar surface area (TPSA) is 57.2 Å². The van der Waals surface area contributed by atoms with Crippen molar-refractivity contribution in [1.29, 1.82) is 0 Å². The van der Waals surface area contributed by atoms with Crippen LogP contribution in [-0.2, 0) is 18.3 Å². The minimum Gasteiger partial charge on any atom is -0.404 e. The van der Waals surface area contributed by atoms with Crippen molar-refractivity contribution in [2.75, 3.05) is 19.8 Å². The van der Waals surface area contributed by atoms with Crippen LogP contribution in [-0.4, -0.2) is 60.1 Å². The molecule has 80 heavy (non-hydrogen) atoms. The van der Waals surface area contributed by atoms with E-state index in [4.69, 9.17) is 23.4 Å². The minimum atomic E-state index is -2.52. The minimum absolute atomic E-state index is 0.000184. The smallest absolute Gasteiger partial charge is 0.261 e. The second kappa shape index (κ2) is 39.7. The van der Waals surface area contributed by atoms with Crippen LogP contribution in [0.2, 0.25) is 10.1 Å². The summed E-state index contributed by atoms with van der Waals surface area (Å²) in [6.07, 6.45) is 26.6. The summed E-state index contributed by atoms with van der Waals surface area (Å²) in [4.78, 5) is 0. The number of ether oxygens (including phenoxy) is 2. The monoisotopic (exact) mass is 1120 g/mol. The molecular weight excluding hydrogens is 1010 g/mol. The second-order valence-electron chi connectivity index (χ2n) is 23.5. The highest BCUT2D eigenvalue weighted by Crippen LogP contribution is 2.39. The van der Waals surface area contributed by atoms with Gasteiger partial charge in [0.15, 0.2) is 6.29 Å². The lowest BCUT2D eigenvalue weighted by atomic mass is 10.1. The molecule has 1 N–H and O–H groups in total. The Hall–Kier alpha value is -4.65. The van der Waals surface area contributed by atoms with Gasteiger partial charge in [0.05, 0.1) is 6.61 Å². The maximum Gasteiger partial charge on any atom is 0.261 e. The van der Waals surface area contributed by atoms with Crippen molar-refractivity contribution in [3.63, 3.8) is 0 Å². The van der Waals surface area contributed by atoms with Crippen LogP contribution in [0, 0.1) is 47.4 Å². The molecule has 7 heteroatoms. The maximum atomic E-state index is 8.76. The Kier molecular flexibility index (Phi) is 33.7. The Bertz CT molecular complexity index is 2390. The highest BCUT2D eigenvalue weighted by Gasteiger charge is 2.52. The fraction of sp³-hybridized carbons (Fsp3) is 0.562. The second-order valence-corrected chi connectivity index (χ2v) is 32.0. The Morgan fingerprint density at radius 2 is 0.775 bits per heavy atom. The van der Waals surface area contributed by atoms with Gasteiger partial charge in [-0.25, -0.2) is 0 Å². The molecule has 3 atom stereocenters. The Balaban J connectivity index is 0.000000349. The van der Waals surface area contributed by atoms with Gasteiger partial charge in [-0.05, 0) is 114 Å². The number of hydrogen-bond donors (Lipinski definition) is 1. The molecule has 0 bridgehead atoms. The summed E-state index contributed by atoms with van der Waals surface area (Å²) in [6, 6.07) is 43.7. The molecule has 0 aromatic heterocycles. The molecule has 1 aliphatic heterocycles. The van der Waals surface area contributed by atoms with E-state index in [0.29, 0.717) is 0 Å². The number of aliphatic hydroxyl groups excluding tert-OH is 1. The molecule has 434 valence electrons. The summed E-state index contributed by atoms with van der Waals surface area (Å²) < 4.78 is 26.0. The maximum absolute atomic E-state index is 8.76. The van der Waals surface area contributed by atoms with Gasteiger partial charge in [-0.1, -0.05) is 202 Å². The van der Waals surface area contributed by atoms with E-state index >= 15 is 0 Å². The molecule has 4 aromatic rings. The van der Waals surface area contributed by atoms with Crippen LogP contribution in [0.1, 0.15) is 216 Å². The summed E-state index contributed by atoms with van der Waals surface area (Å²) in [5, 5.41) is 14.1. The zero-order chi connectivity index (χ0) is 57.5. The van der Waals surface area contributed by atoms with Crippen LogP contribution >= 0.6 is 0 Å². The Morgan fingerprint density at radius 1 is 0.450 bits per heavy atom. The molecule has 0 saturated carbocycles. The number of benzene rings is 4. The zero-order valence-electron chi connectivity index (χ0n) is 51.2. The van der Waals surface area contributed by atoms with Crippen molar-refractivity contribution >= 4 is 37.4 Å². The van der Waals surface area contributed by atoms with E-state index in [0.717, 1.165) is 116 Å². The van der Waals surface area contributed by atoms with Gasteiger partial charge >= 0.3 is 0 Å². The van der Waals surface area contributed by atoms with E-state index in [1.54, 1.807) is 0 Å². The fourth-order valence-corrected chi connectivity index (χ4v) is 20.3. The summed E-state index contributed by atoms with van der Waals surface area (Å²) in [7, 11) is -5.03. The lowest BCUT2D eigenvalue weighted by Crippen LogP contribution is -2.67. The summed E-state index contributed by atoms with van der Waals surface area (Å²) in [5.41, 5.74) is 0. The van der Waals surface area contributed by atoms with Gasteiger partial charge in [-0.3, -0.25) is 0 Å². The Morgan fingerprint density at radius 3 is 1.07 bits per heavy atom. The zero-order valence-corrected chi connectivity index (χ0v) is 53.2. The van der Waals surface area contributed by atoms with E-state index in [2.05, 4.69) is 224 Å². The number of rotatable bonds is 30. The molecule has 0 aliphatic carbocycles. The average Bonchev–Trinajstić information content (AvgIpc) is 3.47. The van der Waals surface area contributed by atoms with E-state index < -0.39 is 16.6 Å². The van der Waals surface area contributed by atoms with E-state index in [9.17, 15) is 0 Å². The lowest BCUT2D eigenvalue weighted by Gasteiger charge is -2.45. The van der Waals surface area contributed by atoms with Gasteiger partial charge < -0.3 is 23.4 Å². The third kappa shape index (κ3) is 24.1. The largest absolute Gasteiger partial charge is 0.404 e. The summed E-state index contributed by atoms with van der Waals surface area (Å²) in [6.45, 7) is 20.4. The van der Waals surface area contributed by atoms with Crippen molar-refractivity contribution in [1.82, 2.24) is 0 Å². The first-order valence-electron chi connectivity index (χ1n) is 31.2. The first-order valence-corrected chi connectivity index (χ1v) is 35.0. The predicted molar refractivity (Wildman–Crippen MR) is 346 cm³/mol. The van der Waals surface area contributed by atoms with Crippen molar-refractivity contribution in [3.05, 3.63) is 121 Å². The van der Waals surface area contributed by atoms with Gasteiger partial charge in [0, 0.05) is 76.8 Å². The van der Waals surface area contributed by atoms with Gasteiger partial charge in [0.2, 0.25) is 0 Å². The van der Waals surface area contributed by atoms with E-state index in [1.807, 2.05) is 0 Å². The van der Waals surface area contributed by atoms with E-state index in [-0.39, 0.29) is 35.2 Å². The van der Waals surface area contributed by atoms with Gasteiger partial charge in [0.25, 0.3) is 16.6 Å². The molecule has 0 amide bonds. The molecule has 1 saturated heterocycles. The molecule has 0 radical (unpaired) electrons. The molecule has 4 aromatic carbocycles. The van der Waals surface area contributed by atoms with Crippen LogP contribution in [0.4, 0.5) is 0 Å². The standard InChI is InChI=1S/C39H56O3Si.C34H48O2Si/c1-5-35(42-43(39(2,3)4,36-28-20-17-21-29-36)37-30-22-18-23-31-37)27-19-15-13-11-9-7-6-8-10-12-14-16-25-33-40-38-32-24-26-34-41-38;1-5-31(25-19-15-13-11-9-7-6-8-10-12-14-16-24-30-35)36-37(34(2,3)4,32-26-20-17-21-27-32)33-28-22-18-23-29-33/h17-18,20-23,28-31,35,38H,5-11,16,19,24-27,32-34H2,1-4H3;17-18,20-23,26-29,31,35H,5-11,16,19,24-25,30H2,1-4H3. The van der Waals surface area contributed by atoms with Gasteiger partial charge in [0.1, 0.15) is 0 Å². The number of unbranched alkanes of at least 4 members (excludes halogenated alkanes) is 12. The third-order valence-corrected chi connectivity index (χ3v) is 25.4. The highest BCUT2D eigenvalue weighted by atomic mass is 28.4. The van der Waals surface area contributed by atoms with Crippen LogP contribution in [0.25, 0.3) is 0 Å². The van der Waals surface area contributed by atoms with Crippen molar-refractivity contribution < 1.29 is 23.4 Å². The molecule has 0 spiro atoms. The molecule has 3 unspecified atom stereocenters. The van der Waals surface area contributed by atoms with Crippen LogP contribution in [0.5, 0.6) is 0 Å². The lowest BCUT2D eigenvalue weighted by molar-refractivity contribution is -0.162. The van der Waals surface area contributed by atoms with Crippen molar-refractivity contribution in [2.24, 2.45) is 0 Å². The fourth-order valence-electron chi connectivity index (χ4n) is 10.7. The van der Waals surface area contributed by atoms with Gasteiger partial charge in [-0.15, -0.1) is 47.4 Å². The molecule has 1 heterocycles. The normalized spacial score (nSPS) is 14.3. The molecule has 5 rings (SSSR count). The van der Waals surface area contributed by atoms with Crippen LogP contribution in [0.3, 0.4) is 0 Å². The van der Waals surface area contributed by atoms with Crippen molar-refractivity contribution in [2.45, 2.75) is 244 Å².